The number of aryl methyl sites for hydroxylation is 1. The van der Waals surface area contributed by atoms with Gasteiger partial charge in [-0.2, -0.15) is 0 Å². The van der Waals surface area contributed by atoms with Gasteiger partial charge < -0.3 is 10.1 Å². The van der Waals surface area contributed by atoms with Crippen LogP contribution in [0.2, 0.25) is 0 Å². The SMILES string of the molecule is COc1cccc(-c2nc(C)c(CNC3CC3)s2)c1. The van der Waals surface area contributed by atoms with Gasteiger partial charge in [-0.3, -0.25) is 0 Å². The lowest BCUT2D eigenvalue weighted by Gasteiger charge is -2.01. The first-order valence-corrected chi connectivity index (χ1v) is 7.42. The summed E-state index contributed by atoms with van der Waals surface area (Å²) in [5.41, 5.74) is 2.26. The molecule has 1 saturated carbocycles. The van der Waals surface area contributed by atoms with Crippen molar-refractivity contribution >= 4 is 11.3 Å². The largest absolute Gasteiger partial charge is 0.497 e. The molecule has 1 aliphatic rings. The second kappa shape index (κ2) is 5.31. The van der Waals surface area contributed by atoms with Crippen molar-refractivity contribution in [2.75, 3.05) is 7.11 Å². The molecule has 0 amide bonds. The Morgan fingerprint density at radius 2 is 2.26 bits per heavy atom. The quantitative estimate of drug-likeness (QED) is 0.907. The molecule has 0 atom stereocenters. The van der Waals surface area contributed by atoms with Gasteiger partial charge in [0.25, 0.3) is 0 Å². The van der Waals surface area contributed by atoms with Gasteiger partial charge in [-0.05, 0) is 31.9 Å². The Balaban J connectivity index is 1.81. The summed E-state index contributed by atoms with van der Waals surface area (Å²) in [6, 6.07) is 8.82. The van der Waals surface area contributed by atoms with E-state index in [2.05, 4.69) is 23.3 Å². The van der Waals surface area contributed by atoms with Gasteiger partial charge in [0.05, 0.1) is 12.8 Å². The Morgan fingerprint density at radius 3 is 3.00 bits per heavy atom. The van der Waals surface area contributed by atoms with Crippen LogP contribution >= 0.6 is 11.3 Å². The highest BCUT2D eigenvalue weighted by atomic mass is 32.1. The number of ether oxygens (including phenoxy) is 1. The molecule has 19 heavy (non-hydrogen) atoms. The van der Waals surface area contributed by atoms with Crippen LogP contribution in [-0.2, 0) is 6.54 Å². The standard InChI is InChI=1S/C15H18N2OS/c1-10-14(9-16-12-6-7-12)19-15(17-10)11-4-3-5-13(8-11)18-2/h3-5,8,12,16H,6-7,9H2,1-2H3. The molecule has 0 bridgehead atoms. The molecule has 1 heterocycles. The molecule has 0 spiro atoms. The molecule has 0 saturated heterocycles. The van der Waals surface area contributed by atoms with E-state index in [1.165, 1.54) is 17.7 Å². The van der Waals surface area contributed by atoms with E-state index in [1.807, 2.05) is 18.2 Å². The molecule has 0 aliphatic heterocycles. The summed E-state index contributed by atoms with van der Waals surface area (Å²) in [5.74, 6) is 0.878. The van der Waals surface area contributed by atoms with Gasteiger partial charge in [0.15, 0.2) is 0 Å². The molecule has 3 rings (SSSR count). The maximum atomic E-state index is 5.27. The first-order valence-electron chi connectivity index (χ1n) is 6.60. The number of hydrogen-bond acceptors (Lipinski definition) is 4. The highest BCUT2D eigenvalue weighted by Crippen LogP contribution is 2.30. The van der Waals surface area contributed by atoms with Crippen LogP contribution in [0.4, 0.5) is 0 Å². The van der Waals surface area contributed by atoms with Crippen molar-refractivity contribution < 1.29 is 4.74 Å². The molecule has 1 aromatic heterocycles. The van der Waals surface area contributed by atoms with Crippen LogP contribution in [0.25, 0.3) is 10.6 Å². The first kappa shape index (κ1) is 12.6. The topological polar surface area (TPSA) is 34.1 Å². The third-order valence-electron chi connectivity index (χ3n) is 3.34. The van der Waals surface area contributed by atoms with E-state index < -0.39 is 0 Å². The molecule has 4 heteroatoms. The maximum absolute atomic E-state index is 5.27. The Bertz CT molecular complexity index is 575. The Hall–Kier alpha value is -1.39. The number of benzene rings is 1. The number of nitrogens with one attached hydrogen (secondary N) is 1. The lowest BCUT2D eigenvalue weighted by Crippen LogP contribution is -2.14. The lowest BCUT2D eigenvalue weighted by molar-refractivity contribution is 0.415. The summed E-state index contributed by atoms with van der Waals surface area (Å²) >= 11 is 1.77. The van der Waals surface area contributed by atoms with Gasteiger partial charge in [0, 0.05) is 23.0 Å². The summed E-state index contributed by atoms with van der Waals surface area (Å²) in [4.78, 5) is 6.02. The van der Waals surface area contributed by atoms with Gasteiger partial charge in [0.2, 0.25) is 0 Å². The average molecular weight is 274 g/mol. The molecule has 0 radical (unpaired) electrons. The zero-order valence-corrected chi connectivity index (χ0v) is 12.1. The number of methoxy groups -OCH3 is 1. The summed E-state index contributed by atoms with van der Waals surface area (Å²) in [7, 11) is 1.69. The second-order valence-electron chi connectivity index (χ2n) is 4.91. The van der Waals surface area contributed by atoms with Gasteiger partial charge in [-0.15, -0.1) is 11.3 Å². The zero-order valence-electron chi connectivity index (χ0n) is 11.3. The summed E-state index contributed by atoms with van der Waals surface area (Å²) < 4.78 is 5.27. The number of nitrogens with zero attached hydrogens (tertiary/aromatic N) is 1. The maximum Gasteiger partial charge on any atom is 0.124 e. The van der Waals surface area contributed by atoms with Crippen molar-refractivity contribution in [2.24, 2.45) is 0 Å². The smallest absolute Gasteiger partial charge is 0.124 e. The fourth-order valence-corrected chi connectivity index (χ4v) is 3.01. The summed E-state index contributed by atoms with van der Waals surface area (Å²) in [6.07, 6.45) is 2.64. The summed E-state index contributed by atoms with van der Waals surface area (Å²) in [6.45, 7) is 3.03. The van der Waals surface area contributed by atoms with Crippen LogP contribution in [0, 0.1) is 6.92 Å². The van der Waals surface area contributed by atoms with Crippen molar-refractivity contribution in [1.82, 2.24) is 10.3 Å². The number of hydrogen-bond donors (Lipinski definition) is 1. The molecule has 0 unspecified atom stereocenters. The molecule has 100 valence electrons. The molecule has 2 aromatic rings. The second-order valence-corrected chi connectivity index (χ2v) is 6.00. The van der Waals surface area contributed by atoms with Crippen LogP contribution in [0.3, 0.4) is 0 Å². The number of aromatic nitrogens is 1. The van der Waals surface area contributed by atoms with E-state index in [4.69, 9.17) is 4.74 Å². The molecule has 1 N–H and O–H groups in total. The minimum absolute atomic E-state index is 0.738. The van der Waals surface area contributed by atoms with E-state index in [-0.39, 0.29) is 0 Å². The fourth-order valence-electron chi connectivity index (χ4n) is 2.00. The van der Waals surface area contributed by atoms with E-state index in [0.29, 0.717) is 0 Å². The normalized spacial score (nSPS) is 14.6. The van der Waals surface area contributed by atoms with E-state index in [1.54, 1.807) is 18.4 Å². The minimum atomic E-state index is 0.738. The van der Waals surface area contributed by atoms with Crippen LogP contribution in [0.5, 0.6) is 5.75 Å². The van der Waals surface area contributed by atoms with Gasteiger partial charge in [-0.1, -0.05) is 12.1 Å². The first-order chi connectivity index (χ1) is 9.26. The van der Waals surface area contributed by atoms with Crippen molar-refractivity contribution in [1.29, 1.82) is 0 Å². The number of rotatable bonds is 5. The minimum Gasteiger partial charge on any atom is -0.497 e. The Labute approximate surface area is 117 Å². The van der Waals surface area contributed by atoms with Crippen LogP contribution in [-0.4, -0.2) is 18.1 Å². The van der Waals surface area contributed by atoms with Crippen molar-refractivity contribution in [3.05, 3.63) is 34.8 Å². The van der Waals surface area contributed by atoms with Crippen molar-refractivity contribution in [2.45, 2.75) is 32.4 Å². The molecular formula is C15H18N2OS. The Kier molecular flexibility index (Phi) is 3.53. The predicted octanol–water partition coefficient (Wildman–Crippen LogP) is 3.38. The van der Waals surface area contributed by atoms with E-state index in [0.717, 1.165) is 34.6 Å². The predicted molar refractivity (Wildman–Crippen MR) is 78.7 cm³/mol. The van der Waals surface area contributed by atoms with Crippen LogP contribution in [0.15, 0.2) is 24.3 Å². The highest BCUT2D eigenvalue weighted by molar-refractivity contribution is 7.15. The highest BCUT2D eigenvalue weighted by Gasteiger charge is 2.21. The average Bonchev–Trinajstić information content (AvgIpc) is 3.19. The third-order valence-corrected chi connectivity index (χ3v) is 4.54. The van der Waals surface area contributed by atoms with Gasteiger partial charge >= 0.3 is 0 Å². The summed E-state index contributed by atoms with van der Waals surface area (Å²) in [5, 5.41) is 4.62. The fraction of sp³-hybridized carbons (Fsp3) is 0.400. The van der Waals surface area contributed by atoms with Gasteiger partial charge in [-0.25, -0.2) is 4.98 Å². The molecule has 1 fully saturated rings. The monoisotopic (exact) mass is 274 g/mol. The van der Waals surface area contributed by atoms with Crippen LogP contribution < -0.4 is 10.1 Å². The number of thiazole rings is 1. The van der Waals surface area contributed by atoms with Crippen molar-refractivity contribution in [3.63, 3.8) is 0 Å². The zero-order chi connectivity index (χ0) is 13.2. The van der Waals surface area contributed by atoms with E-state index >= 15 is 0 Å². The molecule has 1 aromatic carbocycles. The van der Waals surface area contributed by atoms with E-state index in [9.17, 15) is 0 Å². The lowest BCUT2D eigenvalue weighted by atomic mass is 10.2. The third kappa shape index (κ3) is 2.96. The van der Waals surface area contributed by atoms with Crippen LogP contribution in [0.1, 0.15) is 23.4 Å². The Morgan fingerprint density at radius 1 is 1.42 bits per heavy atom. The molecule has 1 aliphatic carbocycles. The molecular weight excluding hydrogens is 256 g/mol. The molecule has 3 nitrogen and oxygen atoms in total. The van der Waals surface area contributed by atoms with Gasteiger partial charge in [0.1, 0.15) is 10.8 Å². The van der Waals surface area contributed by atoms with Crippen molar-refractivity contribution in [3.8, 4) is 16.3 Å².